The van der Waals surface area contributed by atoms with Crippen LogP contribution in [0.1, 0.15) is 35.2 Å². The molecule has 3 rings (SSSR count). The topological polar surface area (TPSA) is 79.9 Å². The molecule has 1 fully saturated rings. The standard InChI is InChI=1S/C23H29N3O4/c1-16-9-5-6-10-17(16)23(28)25-19-14-20(29-2)18(13-21(19)30-3)24-22(27)15-26-11-7-4-8-12-26/h5-6,9-10,13-14H,4,7-8,11-12,15H2,1-3H3,(H,24,27)(H,25,28). The molecule has 0 atom stereocenters. The van der Waals surface area contributed by atoms with Crippen molar-refractivity contribution in [3.05, 3.63) is 47.5 Å². The van der Waals surface area contributed by atoms with Crippen LogP contribution in [0.5, 0.6) is 11.5 Å². The Labute approximate surface area is 177 Å². The smallest absolute Gasteiger partial charge is 0.256 e. The Morgan fingerprint density at radius 3 is 2.13 bits per heavy atom. The highest BCUT2D eigenvalue weighted by Gasteiger charge is 2.19. The maximum Gasteiger partial charge on any atom is 0.256 e. The zero-order chi connectivity index (χ0) is 21.5. The van der Waals surface area contributed by atoms with Gasteiger partial charge >= 0.3 is 0 Å². The van der Waals surface area contributed by atoms with E-state index in [-0.39, 0.29) is 11.8 Å². The predicted molar refractivity (Wildman–Crippen MR) is 118 cm³/mol. The van der Waals surface area contributed by atoms with Crippen LogP contribution in [0.2, 0.25) is 0 Å². The van der Waals surface area contributed by atoms with Gasteiger partial charge in [0.2, 0.25) is 5.91 Å². The summed E-state index contributed by atoms with van der Waals surface area (Å²) in [6.07, 6.45) is 3.47. The predicted octanol–water partition coefficient (Wildman–Crippen LogP) is 3.69. The van der Waals surface area contributed by atoms with E-state index in [9.17, 15) is 9.59 Å². The molecule has 160 valence electrons. The summed E-state index contributed by atoms with van der Waals surface area (Å²) in [5.74, 6) is 0.540. The average molecular weight is 412 g/mol. The van der Waals surface area contributed by atoms with Crippen LogP contribution >= 0.6 is 0 Å². The molecule has 0 bridgehead atoms. The lowest BCUT2D eigenvalue weighted by atomic mass is 10.1. The molecular formula is C23H29N3O4. The molecule has 2 N–H and O–H groups in total. The van der Waals surface area contributed by atoms with Gasteiger partial charge in [-0.1, -0.05) is 24.6 Å². The molecule has 0 unspecified atom stereocenters. The first-order chi connectivity index (χ1) is 14.5. The van der Waals surface area contributed by atoms with Crippen molar-refractivity contribution in [1.82, 2.24) is 4.90 Å². The molecule has 2 amide bonds. The Morgan fingerprint density at radius 1 is 0.933 bits per heavy atom. The molecule has 1 saturated heterocycles. The van der Waals surface area contributed by atoms with E-state index in [4.69, 9.17) is 9.47 Å². The van der Waals surface area contributed by atoms with Gasteiger partial charge in [0.15, 0.2) is 0 Å². The second-order valence-corrected chi connectivity index (χ2v) is 7.41. The number of rotatable bonds is 7. The van der Waals surface area contributed by atoms with E-state index < -0.39 is 0 Å². The molecule has 0 aliphatic carbocycles. The van der Waals surface area contributed by atoms with Gasteiger partial charge in [0.05, 0.1) is 32.1 Å². The molecule has 0 saturated carbocycles. The van der Waals surface area contributed by atoms with E-state index in [0.29, 0.717) is 35.0 Å². The largest absolute Gasteiger partial charge is 0.494 e. The van der Waals surface area contributed by atoms with Gasteiger partial charge in [0.25, 0.3) is 5.91 Å². The van der Waals surface area contributed by atoms with Gasteiger partial charge in [-0.05, 0) is 44.5 Å². The minimum absolute atomic E-state index is 0.103. The Bertz CT molecular complexity index is 907. The van der Waals surface area contributed by atoms with Crippen molar-refractivity contribution >= 4 is 23.2 Å². The van der Waals surface area contributed by atoms with E-state index in [1.54, 1.807) is 18.2 Å². The van der Waals surface area contributed by atoms with Crippen LogP contribution in [0.25, 0.3) is 0 Å². The Morgan fingerprint density at radius 2 is 1.53 bits per heavy atom. The maximum atomic E-state index is 12.7. The summed E-state index contributed by atoms with van der Waals surface area (Å²) >= 11 is 0. The average Bonchev–Trinajstić information content (AvgIpc) is 2.75. The number of piperidine rings is 1. The fourth-order valence-corrected chi connectivity index (χ4v) is 3.62. The number of nitrogens with one attached hydrogen (secondary N) is 2. The minimum atomic E-state index is -0.240. The monoisotopic (exact) mass is 411 g/mol. The summed E-state index contributed by atoms with van der Waals surface area (Å²) < 4.78 is 10.9. The lowest BCUT2D eigenvalue weighted by molar-refractivity contribution is -0.117. The van der Waals surface area contributed by atoms with Crippen LogP contribution in [-0.2, 0) is 4.79 Å². The normalized spacial score (nSPS) is 14.1. The quantitative estimate of drug-likeness (QED) is 0.726. The molecule has 7 nitrogen and oxygen atoms in total. The summed E-state index contributed by atoms with van der Waals surface area (Å²) in [7, 11) is 3.04. The van der Waals surface area contributed by atoms with Gasteiger partial charge < -0.3 is 20.1 Å². The van der Waals surface area contributed by atoms with Crippen molar-refractivity contribution in [2.45, 2.75) is 26.2 Å². The number of carbonyl (C=O) groups excluding carboxylic acids is 2. The van der Waals surface area contributed by atoms with E-state index in [1.165, 1.54) is 20.6 Å². The number of anilines is 2. The Balaban J connectivity index is 1.77. The molecule has 1 aliphatic rings. The van der Waals surface area contributed by atoms with Crippen LogP contribution < -0.4 is 20.1 Å². The highest BCUT2D eigenvalue weighted by molar-refractivity contribution is 6.06. The van der Waals surface area contributed by atoms with Gasteiger partial charge in [-0.2, -0.15) is 0 Å². The van der Waals surface area contributed by atoms with Crippen LogP contribution in [-0.4, -0.2) is 50.6 Å². The number of likely N-dealkylation sites (tertiary alicyclic amines) is 1. The molecule has 30 heavy (non-hydrogen) atoms. The number of nitrogens with zero attached hydrogens (tertiary/aromatic N) is 1. The van der Waals surface area contributed by atoms with E-state index in [2.05, 4.69) is 15.5 Å². The van der Waals surface area contributed by atoms with Crippen molar-refractivity contribution in [2.24, 2.45) is 0 Å². The first kappa shape index (κ1) is 21.6. The van der Waals surface area contributed by atoms with Crippen molar-refractivity contribution < 1.29 is 19.1 Å². The molecule has 1 aliphatic heterocycles. The van der Waals surface area contributed by atoms with Crippen LogP contribution in [0.4, 0.5) is 11.4 Å². The molecule has 7 heteroatoms. The highest BCUT2D eigenvalue weighted by Crippen LogP contribution is 2.36. The fourth-order valence-electron chi connectivity index (χ4n) is 3.62. The molecule has 0 radical (unpaired) electrons. The lowest BCUT2D eigenvalue weighted by Gasteiger charge is -2.25. The number of methoxy groups -OCH3 is 2. The van der Waals surface area contributed by atoms with Gasteiger partial charge in [-0.25, -0.2) is 0 Å². The summed E-state index contributed by atoms with van der Waals surface area (Å²) in [4.78, 5) is 27.4. The molecule has 0 aromatic heterocycles. The summed E-state index contributed by atoms with van der Waals surface area (Å²) in [6.45, 7) is 4.11. The zero-order valence-electron chi connectivity index (χ0n) is 17.8. The number of ether oxygens (including phenoxy) is 2. The van der Waals surface area contributed by atoms with Crippen molar-refractivity contribution in [2.75, 3.05) is 44.5 Å². The molecule has 1 heterocycles. The third-order valence-corrected chi connectivity index (χ3v) is 5.25. The van der Waals surface area contributed by atoms with Crippen LogP contribution in [0, 0.1) is 6.92 Å². The maximum absolute atomic E-state index is 12.7. The van der Waals surface area contributed by atoms with Gasteiger partial charge in [-0.15, -0.1) is 0 Å². The van der Waals surface area contributed by atoms with Gasteiger partial charge in [-0.3, -0.25) is 14.5 Å². The third kappa shape index (κ3) is 5.30. The Kier molecular flexibility index (Phi) is 7.30. The molecule has 0 spiro atoms. The number of benzene rings is 2. The summed E-state index contributed by atoms with van der Waals surface area (Å²) in [5, 5.41) is 5.78. The van der Waals surface area contributed by atoms with E-state index >= 15 is 0 Å². The van der Waals surface area contributed by atoms with Crippen LogP contribution in [0.15, 0.2) is 36.4 Å². The molecular weight excluding hydrogens is 382 g/mol. The molecule has 2 aromatic rings. The SMILES string of the molecule is COc1cc(NC(=O)c2ccccc2C)c(OC)cc1NC(=O)CN1CCCCC1. The first-order valence-corrected chi connectivity index (χ1v) is 10.2. The van der Waals surface area contributed by atoms with Gasteiger partial charge in [0, 0.05) is 17.7 Å². The van der Waals surface area contributed by atoms with E-state index in [0.717, 1.165) is 31.5 Å². The first-order valence-electron chi connectivity index (χ1n) is 10.2. The lowest BCUT2D eigenvalue weighted by Crippen LogP contribution is -2.36. The van der Waals surface area contributed by atoms with Crippen LogP contribution in [0.3, 0.4) is 0 Å². The van der Waals surface area contributed by atoms with Crippen molar-refractivity contribution in [3.63, 3.8) is 0 Å². The van der Waals surface area contributed by atoms with Crippen molar-refractivity contribution in [1.29, 1.82) is 0 Å². The van der Waals surface area contributed by atoms with Gasteiger partial charge in [0.1, 0.15) is 11.5 Å². The second kappa shape index (κ2) is 10.1. The minimum Gasteiger partial charge on any atom is -0.494 e. The second-order valence-electron chi connectivity index (χ2n) is 7.41. The van der Waals surface area contributed by atoms with Crippen molar-refractivity contribution in [3.8, 4) is 11.5 Å². The molecule has 2 aromatic carbocycles. The zero-order valence-corrected chi connectivity index (χ0v) is 17.8. The number of aryl methyl sites for hydroxylation is 1. The number of hydrogen-bond acceptors (Lipinski definition) is 5. The third-order valence-electron chi connectivity index (χ3n) is 5.25. The van der Waals surface area contributed by atoms with E-state index in [1.807, 2.05) is 25.1 Å². The number of amides is 2. The highest BCUT2D eigenvalue weighted by atomic mass is 16.5. The summed E-state index contributed by atoms with van der Waals surface area (Å²) in [6, 6.07) is 10.7. The Hall–Kier alpha value is -3.06. The number of hydrogen-bond donors (Lipinski definition) is 2. The number of carbonyl (C=O) groups is 2. The summed E-state index contributed by atoms with van der Waals surface area (Å²) in [5.41, 5.74) is 2.43. The fraction of sp³-hybridized carbons (Fsp3) is 0.391.